The lowest BCUT2D eigenvalue weighted by Crippen LogP contribution is -2.10. The quantitative estimate of drug-likeness (QED) is 0.578. The van der Waals surface area contributed by atoms with Crippen LogP contribution in [-0.2, 0) is 0 Å². The van der Waals surface area contributed by atoms with Crippen molar-refractivity contribution in [2.24, 2.45) is 0 Å². The van der Waals surface area contributed by atoms with E-state index >= 15 is 0 Å². The minimum absolute atomic E-state index is 0.131. The number of nitrogen functional groups attached to an aromatic ring is 1. The van der Waals surface area contributed by atoms with Gasteiger partial charge >= 0.3 is 0 Å². The molecule has 0 aromatic carbocycles. The van der Waals surface area contributed by atoms with Crippen LogP contribution in [0, 0.1) is 0 Å². The predicted molar refractivity (Wildman–Crippen MR) is 42.4 cm³/mol. The SMILES string of the molecule is Nc1nc2scnc2c(=O)[nH]1. The first-order valence-corrected chi connectivity index (χ1v) is 3.74. The second-order valence-corrected chi connectivity index (χ2v) is 2.79. The van der Waals surface area contributed by atoms with Crippen LogP contribution in [0.25, 0.3) is 10.3 Å². The molecular weight excluding hydrogens is 164 g/mol. The molecular formula is C5H4N4OS. The number of rotatable bonds is 0. The largest absolute Gasteiger partial charge is 0.369 e. The molecule has 56 valence electrons. The van der Waals surface area contributed by atoms with Crippen LogP contribution in [0.3, 0.4) is 0 Å². The van der Waals surface area contributed by atoms with Crippen LogP contribution >= 0.6 is 11.3 Å². The zero-order valence-electron chi connectivity index (χ0n) is 5.37. The van der Waals surface area contributed by atoms with Crippen LogP contribution in [0.4, 0.5) is 5.95 Å². The van der Waals surface area contributed by atoms with Gasteiger partial charge in [0.1, 0.15) is 0 Å². The summed E-state index contributed by atoms with van der Waals surface area (Å²) in [6.45, 7) is 0. The number of hydrogen-bond donors (Lipinski definition) is 2. The average molecular weight is 168 g/mol. The fourth-order valence-corrected chi connectivity index (χ4v) is 1.45. The molecule has 0 saturated heterocycles. The first kappa shape index (κ1) is 6.29. The number of anilines is 1. The number of nitrogens with one attached hydrogen (secondary N) is 1. The van der Waals surface area contributed by atoms with E-state index in [2.05, 4.69) is 15.0 Å². The van der Waals surface area contributed by atoms with Crippen LogP contribution in [0.5, 0.6) is 0 Å². The molecule has 0 atom stereocenters. The van der Waals surface area contributed by atoms with Gasteiger partial charge in [0.25, 0.3) is 5.56 Å². The lowest BCUT2D eigenvalue weighted by molar-refractivity contribution is 1.18. The summed E-state index contributed by atoms with van der Waals surface area (Å²) in [4.78, 5) is 21.6. The highest BCUT2D eigenvalue weighted by atomic mass is 32.1. The zero-order chi connectivity index (χ0) is 7.84. The number of nitrogens with two attached hydrogens (primary N) is 1. The van der Waals surface area contributed by atoms with Crippen molar-refractivity contribution in [3.8, 4) is 0 Å². The molecule has 2 heterocycles. The van der Waals surface area contributed by atoms with E-state index in [0.29, 0.717) is 10.3 Å². The van der Waals surface area contributed by atoms with Gasteiger partial charge in [-0.25, -0.2) is 9.97 Å². The number of aromatic nitrogens is 3. The number of thiazole rings is 1. The number of aromatic amines is 1. The summed E-state index contributed by atoms with van der Waals surface area (Å²) in [6.07, 6.45) is 0. The summed E-state index contributed by atoms with van der Waals surface area (Å²) in [5, 5.41) is 0. The Balaban J connectivity index is 3.02. The third kappa shape index (κ3) is 0.874. The Bertz CT molecular complexity index is 445. The first-order chi connectivity index (χ1) is 5.27. The van der Waals surface area contributed by atoms with Crippen LogP contribution in [0.2, 0.25) is 0 Å². The van der Waals surface area contributed by atoms with Gasteiger partial charge in [0.2, 0.25) is 5.95 Å². The molecule has 0 fully saturated rings. The van der Waals surface area contributed by atoms with Crippen LogP contribution in [0.1, 0.15) is 0 Å². The third-order valence-electron chi connectivity index (χ3n) is 1.23. The molecule has 2 rings (SSSR count). The van der Waals surface area contributed by atoms with Crippen molar-refractivity contribution in [1.29, 1.82) is 0 Å². The van der Waals surface area contributed by atoms with E-state index in [1.807, 2.05) is 0 Å². The summed E-state index contributed by atoms with van der Waals surface area (Å²) in [5.74, 6) is 0.131. The minimum Gasteiger partial charge on any atom is -0.369 e. The van der Waals surface area contributed by atoms with Gasteiger partial charge in [0.05, 0.1) is 5.51 Å². The Kier molecular flexibility index (Phi) is 1.16. The van der Waals surface area contributed by atoms with Crippen molar-refractivity contribution >= 4 is 27.6 Å². The van der Waals surface area contributed by atoms with Gasteiger partial charge < -0.3 is 5.73 Å². The van der Waals surface area contributed by atoms with E-state index < -0.39 is 0 Å². The van der Waals surface area contributed by atoms with Gasteiger partial charge in [-0.05, 0) is 0 Å². The molecule has 0 unspecified atom stereocenters. The normalized spacial score (nSPS) is 10.5. The summed E-state index contributed by atoms with van der Waals surface area (Å²) >= 11 is 1.29. The van der Waals surface area contributed by atoms with Crippen LogP contribution in [-0.4, -0.2) is 15.0 Å². The number of hydrogen-bond acceptors (Lipinski definition) is 5. The zero-order valence-corrected chi connectivity index (χ0v) is 6.18. The van der Waals surface area contributed by atoms with Crippen molar-refractivity contribution in [2.45, 2.75) is 0 Å². The molecule has 0 saturated carbocycles. The topological polar surface area (TPSA) is 84.7 Å². The molecule has 2 aromatic heterocycles. The maximum atomic E-state index is 11.0. The standard InChI is InChI=1S/C5H4N4OS/c6-5-8-3(10)2-4(9-5)11-1-7-2/h1H,(H3,6,8,9,10). The third-order valence-corrected chi connectivity index (χ3v) is 1.95. The molecule has 0 aliphatic heterocycles. The molecule has 5 nitrogen and oxygen atoms in total. The predicted octanol–water partition coefficient (Wildman–Crippen LogP) is -0.0382. The van der Waals surface area contributed by atoms with E-state index in [9.17, 15) is 4.79 Å². The van der Waals surface area contributed by atoms with E-state index in [-0.39, 0.29) is 11.5 Å². The average Bonchev–Trinajstić information content (AvgIpc) is 2.34. The molecule has 0 aliphatic rings. The van der Waals surface area contributed by atoms with E-state index in [1.54, 1.807) is 5.51 Å². The number of H-pyrrole nitrogens is 1. The number of nitrogens with zero attached hydrogens (tertiary/aromatic N) is 2. The second kappa shape index (κ2) is 2.03. The highest BCUT2D eigenvalue weighted by molar-refractivity contribution is 7.16. The summed E-state index contributed by atoms with van der Waals surface area (Å²) < 4.78 is 0. The van der Waals surface area contributed by atoms with Gasteiger partial charge in [-0.2, -0.15) is 0 Å². The van der Waals surface area contributed by atoms with Gasteiger partial charge in [-0.1, -0.05) is 0 Å². The van der Waals surface area contributed by atoms with Crippen molar-refractivity contribution < 1.29 is 0 Å². The first-order valence-electron chi connectivity index (χ1n) is 2.86. The molecule has 6 heteroatoms. The molecule has 11 heavy (non-hydrogen) atoms. The highest BCUT2D eigenvalue weighted by Crippen LogP contribution is 2.10. The Morgan fingerprint density at radius 1 is 1.64 bits per heavy atom. The summed E-state index contributed by atoms with van der Waals surface area (Å²) in [6, 6.07) is 0. The van der Waals surface area contributed by atoms with Crippen molar-refractivity contribution in [2.75, 3.05) is 5.73 Å². The fraction of sp³-hybridized carbons (Fsp3) is 0. The summed E-state index contributed by atoms with van der Waals surface area (Å²) in [5.41, 5.74) is 6.93. The van der Waals surface area contributed by atoms with Crippen LogP contribution in [0.15, 0.2) is 10.3 Å². The molecule has 0 amide bonds. The summed E-state index contributed by atoms with van der Waals surface area (Å²) in [7, 11) is 0. The minimum atomic E-state index is -0.284. The number of fused-ring (bicyclic) bond motifs is 1. The molecule has 0 radical (unpaired) electrons. The van der Waals surface area contributed by atoms with E-state index in [1.165, 1.54) is 11.3 Å². The molecule has 0 aliphatic carbocycles. The van der Waals surface area contributed by atoms with Gasteiger partial charge in [-0.15, -0.1) is 11.3 Å². The van der Waals surface area contributed by atoms with E-state index in [0.717, 1.165) is 0 Å². The molecule has 0 bridgehead atoms. The Morgan fingerprint density at radius 3 is 3.27 bits per heavy atom. The van der Waals surface area contributed by atoms with Crippen LogP contribution < -0.4 is 11.3 Å². The Morgan fingerprint density at radius 2 is 2.45 bits per heavy atom. The van der Waals surface area contributed by atoms with Gasteiger partial charge in [0.15, 0.2) is 10.3 Å². The van der Waals surface area contributed by atoms with Gasteiger partial charge in [0, 0.05) is 0 Å². The molecule has 3 N–H and O–H groups in total. The Hall–Kier alpha value is -1.43. The molecule has 2 aromatic rings. The maximum absolute atomic E-state index is 11.0. The van der Waals surface area contributed by atoms with Crippen molar-refractivity contribution in [1.82, 2.24) is 15.0 Å². The maximum Gasteiger partial charge on any atom is 0.279 e. The smallest absolute Gasteiger partial charge is 0.279 e. The Labute approximate surface area is 64.9 Å². The second-order valence-electron chi connectivity index (χ2n) is 1.96. The highest BCUT2D eigenvalue weighted by Gasteiger charge is 2.02. The molecule has 0 spiro atoms. The van der Waals surface area contributed by atoms with Gasteiger partial charge in [-0.3, -0.25) is 9.78 Å². The fourth-order valence-electron chi connectivity index (χ4n) is 0.788. The monoisotopic (exact) mass is 168 g/mol. The lowest BCUT2D eigenvalue weighted by atomic mass is 10.6. The van der Waals surface area contributed by atoms with Crippen molar-refractivity contribution in [3.63, 3.8) is 0 Å². The van der Waals surface area contributed by atoms with E-state index in [4.69, 9.17) is 5.73 Å². The lowest BCUT2D eigenvalue weighted by Gasteiger charge is -1.88. The van der Waals surface area contributed by atoms with Crippen molar-refractivity contribution in [3.05, 3.63) is 15.9 Å².